The highest BCUT2D eigenvalue weighted by molar-refractivity contribution is 9.10. The van der Waals surface area contributed by atoms with Gasteiger partial charge in [0.2, 0.25) is 0 Å². The van der Waals surface area contributed by atoms with Crippen molar-refractivity contribution in [3.63, 3.8) is 0 Å². The molecule has 0 spiro atoms. The van der Waals surface area contributed by atoms with Crippen LogP contribution in [0.3, 0.4) is 0 Å². The van der Waals surface area contributed by atoms with Crippen molar-refractivity contribution in [2.45, 2.75) is 25.7 Å². The van der Waals surface area contributed by atoms with E-state index >= 15 is 0 Å². The van der Waals surface area contributed by atoms with Crippen LogP contribution in [-0.2, 0) is 0 Å². The van der Waals surface area contributed by atoms with Crippen molar-refractivity contribution >= 4 is 48.9 Å². The molecule has 0 N–H and O–H groups in total. The number of hydrogen-bond donors (Lipinski definition) is 0. The smallest absolute Gasteiger partial charge is 0.0416 e. The van der Waals surface area contributed by atoms with E-state index in [4.69, 9.17) is 12.2 Å². The van der Waals surface area contributed by atoms with Crippen LogP contribution in [0.4, 0.5) is 0 Å². The fourth-order valence-corrected chi connectivity index (χ4v) is 5.71. The molecule has 0 saturated heterocycles. The Balaban J connectivity index is 1.95. The highest BCUT2D eigenvalue weighted by Crippen LogP contribution is 2.40. The summed E-state index contributed by atoms with van der Waals surface area (Å²) in [7, 11) is 0. The lowest BCUT2D eigenvalue weighted by atomic mass is 9.76. The Labute approximate surface area is 213 Å². The molecular weight excluding hydrogens is 540 g/mol. The summed E-state index contributed by atoms with van der Waals surface area (Å²) >= 11 is 13.7. The summed E-state index contributed by atoms with van der Waals surface area (Å²) in [6.07, 6.45) is 0. The summed E-state index contributed by atoms with van der Waals surface area (Å²) in [5, 5.41) is 0. The quantitative estimate of drug-likeness (QED) is 0.211. The molecule has 0 bridgehead atoms. The zero-order valence-corrected chi connectivity index (χ0v) is 22.0. The van der Waals surface area contributed by atoms with Gasteiger partial charge in [-0.25, -0.2) is 0 Å². The third-order valence-electron chi connectivity index (χ3n) is 5.93. The number of benzene rings is 4. The van der Waals surface area contributed by atoms with E-state index in [1.807, 2.05) is 0 Å². The lowest BCUT2D eigenvalue weighted by Crippen LogP contribution is -2.22. The van der Waals surface area contributed by atoms with Crippen molar-refractivity contribution in [2.24, 2.45) is 0 Å². The van der Waals surface area contributed by atoms with E-state index in [9.17, 15) is 0 Å². The van der Waals surface area contributed by atoms with Gasteiger partial charge in [0.05, 0.1) is 0 Å². The molecule has 160 valence electrons. The summed E-state index contributed by atoms with van der Waals surface area (Å²) < 4.78 is 2.12. The van der Waals surface area contributed by atoms with Gasteiger partial charge < -0.3 is 0 Å². The Morgan fingerprint density at radius 3 is 1.38 bits per heavy atom. The van der Waals surface area contributed by atoms with Crippen molar-refractivity contribution < 1.29 is 0 Å². The first-order valence-electron chi connectivity index (χ1n) is 10.6. The predicted octanol–water partition coefficient (Wildman–Crippen LogP) is 9.16. The molecule has 3 heteroatoms. The van der Waals surface area contributed by atoms with E-state index < -0.39 is 0 Å². The highest BCUT2D eigenvalue weighted by Gasteiger charge is 2.30. The average molecular weight is 564 g/mol. The molecule has 4 aromatic carbocycles. The topological polar surface area (TPSA) is 0 Å². The SMILES string of the molecule is Cc1ccccc1C(C(=S)C(c1cccc(Br)c1)c1ccccc1C)c1cccc(Br)c1. The molecule has 0 heterocycles. The van der Waals surface area contributed by atoms with Gasteiger partial charge in [0.15, 0.2) is 0 Å². The Kier molecular flexibility index (Phi) is 7.40. The molecule has 4 aromatic rings. The van der Waals surface area contributed by atoms with Crippen LogP contribution >= 0.6 is 44.1 Å². The molecule has 0 aromatic heterocycles. The molecule has 0 aliphatic rings. The van der Waals surface area contributed by atoms with Crippen LogP contribution in [0.2, 0.25) is 0 Å². The molecule has 0 radical (unpaired) electrons. The summed E-state index contributed by atoms with van der Waals surface area (Å²) in [6.45, 7) is 4.34. The Morgan fingerprint density at radius 1 is 0.594 bits per heavy atom. The van der Waals surface area contributed by atoms with E-state index in [-0.39, 0.29) is 11.8 Å². The van der Waals surface area contributed by atoms with E-state index in [2.05, 4.69) is 143 Å². The first-order valence-corrected chi connectivity index (χ1v) is 12.6. The van der Waals surface area contributed by atoms with Gasteiger partial charge in [0.1, 0.15) is 0 Å². The van der Waals surface area contributed by atoms with Crippen LogP contribution < -0.4 is 0 Å². The van der Waals surface area contributed by atoms with Gasteiger partial charge in [-0.2, -0.15) is 0 Å². The lowest BCUT2D eigenvalue weighted by Gasteiger charge is -2.29. The van der Waals surface area contributed by atoms with E-state index in [0.717, 1.165) is 13.8 Å². The number of rotatable bonds is 6. The van der Waals surface area contributed by atoms with Crippen molar-refractivity contribution in [2.75, 3.05) is 0 Å². The average Bonchev–Trinajstić information content (AvgIpc) is 2.77. The number of halogens is 2. The first-order chi connectivity index (χ1) is 15.5. The molecule has 0 nitrogen and oxygen atoms in total. The first kappa shape index (κ1) is 23.1. The van der Waals surface area contributed by atoms with Crippen LogP contribution in [-0.4, -0.2) is 4.86 Å². The largest absolute Gasteiger partial charge is 0.0876 e. The molecule has 32 heavy (non-hydrogen) atoms. The third kappa shape index (κ3) is 4.96. The van der Waals surface area contributed by atoms with Gasteiger partial charge >= 0.3 is 0 Å². The molecular formula is C29H24Br2S. The van der Waals surface area contributed by atoms with Gasteiger partial charge in [0, 0.05) is 25.6 Å². The Bertz CT molecular complexity index is 1160. The highest BCUT2D eigenvalue weighted by atomic mass is 79.9. The minimum atomic E-state index is -0.00714. The minimum Gasteiger partial charge on any atom is -0.0876 e. The maximum Gasteiger partial charge on any atom is 0.0416 e. The maximum atomic E-state index is 6.40. The second kappa shape index (κ2) is 10.2. The van der Waals surface area contributed by atoms with E-state index in [1.165, 1.54) is 33.4 Å². The zero-order chi connectivity index (χ0) is 22.7. The van der Waals surface area contributed by atoms with Crippen LogP contribution in [0.25, 0.3) is 0 Å². The van der Waals surface area contributed by atoms with Gasteiger partial charge in [0.25, 0.3) is 0 Å². The van der Waals surface area contributed by atoms with Crippen LogP contribution in [0.5, 0.6) is 0 Å². The summed E-state index contributed by atoms with van der Waals surface area (Å²) in [5.41, 5.74) is 7.41. The fraction of sp³-hybridized carbons (Fsp3) is 0.138. The number of hydrogen-bond acceptors (Lipinski definition) is 1. The second-order valence-electron chi connectivity index (χ2n) is 8.09. The molecule has 2 unspecified atom stereocenters. The van der Waals surface area contributed by atoms with Crippen molar-refractivity contribution in [1.82, 2.24) is 0 Å². The number of aryl methyl sites for hydroxylation is 2. The zero-order valence-electron chi connectivity index (χ0n) is 18.1. The monoisotopic (exact) mass is 562 g/mol. The maximum absolute atomic E-state index is 6.40. The second-order valence-corrected chi connectivity index (χ2v) is 10.4. The van der Waals surface area contributed by atoms with E-state index in [0.29, 0.717) is 0 Å². The Hall–Kier alpha value is -2.07. The molecule has 0 aliphatic heterocycles. The van der Waals surface area contributed by atoms with Gasteiger partial charge in [-0.05, 0) is 71.5 Å². The van der Waals surface area contributed by atoms with E-state index in [1.54, 1.807) is 0 Å². The van der Waals surface area contributed by atoms with Crippen molar-refractivity contribution in [1.29, 1.82) is 0 Å². The van der Waals surface area contributed by atoms with Gasteiger partial charge in [-0.1, -0.05) is 117 Å². The molecule has 0 saturated carbocycles. The Morgan fingerprint density at radius 2 is 1.00 bits per heavy atom. The van der Waals surface area contributed by atoms with Crippen LogP contribution in [0.15, 0.2) is 106 Å². The standard InChI is InChI=1S/C29H24Br2S/c1-19-9-3-5-15-25(19)27(21-11-7-13-23(30)17-21)29(32)28(22-12-8-14-24(31)18-22)26-16-6-4-10-20(26)2/h3-18,27-28H,1-2H3. The molecule has 0 amide bonds. The molecule has 0 fully saturated rings. The van der Waals surface area contributed by atoms with Crippen molar-refractivity contribution in [3.8, 4) is 0 Å². The summed E-state index contributed by atoms with van der Waals surface area (Å²) in [6, 6.07) is 34.2. The van der Waals surface area contributed by atoms with Crippen molar-refractivity contribution in [3.05, 3.63) is 139 Å². The van der Waals surface area contributed by atoms with Crippen LogP contribution in [0, 0.1) is 13.8 Å². The normalized spacial score (nSPS) is 12.9. The molecule has 2 atom stereocenters. The third-order valence-corrected chi connectivity index (χ3v) is 7.39. The van der Waals surface area contributed by atoms with Crippen LogP contribution in [0.1, 0.15) is 45.2 Å². The summed E-state index contributed by atoms with van der Waals surface area (Å²) in [5.74, 6) is -0.0143. The van der Waals surface area contributed by atoms with Gasteiger partial charge in [-0.3, -0.25) is 0 Å². The molecule has 4 rings (SSSR count). The van der Waals surface area contributed by atoms with Gasteiger partial charge in [-0.15, -0.1) is 0 Å². The minimum absolute atomic E-state index is 0.00714. The summed E-state index contributed by atoms with van der Waals surface area (Å²) in [4.78, 5) is 1.00. The molecule has 0 aliphatic carbocycles. The lowest BCUT2D eigenvalue weighted by molar-refractivity contribution is 0.973. The number of thiocarbonyl (C=S) groups is 1. The fourth-order valence-electron chi connectivity index (χ4n) is 4.35. The predicted molar refractivity (Wildman–Crippen MR) is 147 cm³/mol.